The molecule has 0 saturated carbocycles. The number of nitrogens with two attached hydrogens (primary N) is 1. The van der Waals surface area contributed by atoms with E-state index in [9.17, 15) is 19.1 Å². The highest BCUT2D eigenvalue weighted by Gasteiger charge is 2.21. The van der Waals surface area contributed by atoms with Crippen molar-refractivity contribution in [1.29, 1.82) is 0 Å². The number of rotatable bonds is 3. The Morgan fingerprint density at radius 1 is 1.25 bits per heavy atom. The Morgan fingerprint density at radius 2 is 2.00 bits per heavy atom. The number of halogens is 2. The number of thiophene rings is 1. The Morgan fingerprint density at radius 3 is 2.67 bits per heavy atom. The van der Waals surface area contributed by atoms with Gasteiger partial charge in [0.1, 0.15) is 21.6 Å². The van der Waals surface area contributed by atoms with Gasteiger partial charge in [-0.15, -0.1) is 11.3 Å². The number of carbonyl (C=O) groups is 2. The minimum Gasteiger partial charge on any atom is -0.506 e. The summed E-state index contributed by atoms with van der Waals surface area (Å²) in [6.45, 7) is 0. The van der Waals surface area contributed by atoms with E-state index in [-0.39, 0.29) is 26.9 Å². The predicted octanol–water partition coefficient (Wildman–Crippen LogP) is 3.75. The first-order chi connectivity index (χ1) is 11.4. The van der Waals surface area contributed by atoms with Crippen LogP contribution in [-0.2, 0) is 0 Å². The molecule has 0 fully saturated rings. The molecule has 0 aliphatic rings. The van der Waals surface area contributed by atoms with E-state index < -0.39 is 17.6 Å². The minimum absolute atomic E-state index is 0.0613. The standard InChI is InChI=1S/C16H10ClFN2O3S/c17-12-10(21)5-4-9-11(14(19)22)16(24-13(9)12)20-15(23)7-2-1-3-8(18)6-7/h1-6,21H,(H2,19,22)(H,20,23). The van der Waals surface area contributed by atoms with Gasteiger partial charge in [0, 0.05) is 10.9 Å². The Labute approximate surface area is 144 Å². The number of phenolic OH excluding ortho intramolecular Hbond substituents is 1. The molecule has 2 amide bonds. The van der Waals surface area contributed by atoms with Gasteiger partial charge in [-0.05, 0) is 30.3 Å². The number of phenols is 1. The Balaban J connectivity index is 2.09. The summed E-state index contributed by atoms with van der Waals surface area (Å²) in [6.07, 6.45) is 0. The van der Waals surface area contributed by atoms with Crippen LogP contribution < -0.4 is 11.1 Å². The Hall–Kier alpha value is -2.64. The third-order valence-electron chi connectivity index (χ3n) is 3.34. The third-order valence-corrected chi connectivity index (χ3v) is 4.97. The van der Waals surface area contributed by atoms with Crippen LogP contribution in [0, 0.1) is 5.82 Å². The molecular formula is C16H10ClFN2O3S. The first kappa shape index (κ1) is 16.2. The van der Waals surface area contributed by atoms with E-state index in [4.69, 9.17) is 17.3 Å². The van der Waals surface area contributed by atoms with Crippen molar-refractivity contribution in [2.45, 2.75) is 0 Å². The molecule has 0 unspecified atom stereocenters. The molecule has 4 N–H and O–H groups in total. The summed E-state index contributed by atoms with van der Waals surface area (Å²) >= 11 is 7.04. The number of nitrogens with one attached hydrogen (secondary N) is 1. The van der Waals surface area contributed by atoms with Crippen molar-refractivity contribution in [3.8, 4) is 5.75 Å². The zero-order valence-corrected chi connectivity index (χ0v) is 13.5. The van der Waals surface area contributed by atoms with Crippen LogP contribution in [0.5, 0.6) is 5.75 Å². The second kappa shape index (κ2) is 6.10. The summed E-state index contributed by atoms with van der Waals surface area (Å²) in [5.74, 6) is -2.05. The number of hydrogen-bond acceptors (Lipinski definition) is 4. The normalized spacial score (nSPS) is 10.8. The lowest BCUT2D eigenvalue weighted by atomic mass is 10.1. The van der Waals surface area contributed by atoms with Crippen molar-refractivity contribution in [3.63, 3.8) is 0 Å². The molecule has 1 heterocycles. The van der Waals surface area contributed by atoms with Crippen molar-refractivity contribution in [2.75, 3.05) is 5.32 Å². The summed E-state index contributed by atoms with van der Waals surface area (Å²) < 4.78 is 13.7. The zero-order chi connectivity index (χ0) is 17.4. The first-order valence-electron chi connectivity index (χ1n) is 6.69. The summed E-state index contributed by atoms with van der Waals surface area (Å²) in [5.41, 5.74) is 5.58. The third kappa shape index (κ3) is 2.79. The number of amides is 2. The zero-order valence-electron chi connectivity index (χ0n) is 12.0. The van der Waals surface area contributed by atoms with E-state index in [1.54, 1.807) is 0 Å². The van der Waals surface area contributed by atoms with Gasteiger partial charge in [0.05, 0.1) is 10.3 Å². The molecule has 0 atom stereocenters. The molecule has 0 radical (unpaired) electrons. The van der Waals surface area contributed by atoms with Crippen molar-refractivity contribution < 1.29 is 19.1 Å². The smallest absolute Gasteiger partial charge is 0.256 e. The van der Waals surface area contributed by atoms with Crippen LogP contribution >= 0.6 is 22.9 Å². The summed E-state index contributed by atoms with van der Waals surface area (Å²) in [4.78, 5) is 24.0. The number of benzene rings is 2. The summed E-state index contributed by atoms with van der Waals surface area (Å²) in [6, 6.07) is 7.96. The van der Waals surface area contributed by atoms with Gasteiger partial charge in [0.15, 0.2) is 0 Å². The lowest BCUT2D eigenvalue weighted by molar-refractivity contribution is 0.100. The predicted molar refractivity (Wildman–Crippen MR) is 91.4 cm³/mol. The van der Waals surface area contributed by atoms with E-state index in [0.717, 1.165) is 17.4 Å². The highest BCUT2D eigenvalue weighted by molar-refractivity contribution is 7.24. The topological polar surface area (TPSA) is 92.4 Å². The monoisotopic (exact) mass is 364 g/mol. The van der Waals surface area contributed by atoms with Crippen LogP contribution in [0.15, 0.2) is 36.4 Å². The average Bonchev–Trinajstić information content (AvgIpc) is 2.90. The maximum Gasteiger partial charge on any atom is 0.256 e. The van der Waals surface area contributed by atoms with Crippen LogP contribution in [-0.4, -0.2) is 16.9 Å². The molecule has 2 aromatic carbocycles. The maximum absolute atomic E-state index is 13.2. The molecule has 3 rings (SSSR count). The number of anilines is 1. The number of fused-ring (bicyclic) bond motifs is 1. The van der Waals surface area contributed by atoms with E-state index in [2.05, 4.69) is 5.32 Å². The fourth-order valence-electron chi connectivity index (χ4n) is 2.26. The summed E-state index contributed by atoms with van der Waals surface area (Å²) in [7, 11) is 0. The molecule has 0 aliphatic carbocycles. The van der Waals surface area contributed by atoms with E-state index in [1.807, 2.05) is 0 Å². The SMILES string of the molecule is NC(=O)c1c(NC(=O)c2cccc(F)c2)sc2c(Cl)c(O)ccc12. The fourth-order valence-corrected chi connectivity index (χ4v) is 3.67. The molecule has 24 heavy (non-hydrogen) atoms. The number of carbonyl (C=O) groups excluding carboxylic acids is 2. The van der Waals surface area contributed by atoms with Crippen LogP contribution in [0.2, 0.25) is 5.02 Å². The van der Waals surface area contributed by atoms with Gasteiger partial charge >= 0.3 is 0 Å². The molecule has 5 nitrogen and oxygen atoms in total. The van der Waals surface area contributed by atoms with Crippen molar-refractivity contribution in [2.24, 2.45) is 5.73 Å². The number of hydrogen-bond donors (Lipinski definition) is 3. The Bertz CT molecular complexity index is 987. The fraction of sp³-hybridized carbons (Fsp3) is 0. The number of primary amides is 1. The highest BCUT2D eigenvalue weighted by atomic mass is 35.5. The van der Waals surface area contributed by atoms with Crippen LogP contribution in [0.25, 0.3) is 10.1 Å². The highest BCUT2D eigenvalue weighted by Crippen LogP contribution is 2.42. The molecule has 122 valence electrons. The van der Waals surface area contributed by atoms with Crippen LogP contribution in [0.1, 0.15) is 20.7 Å². The van der Waals surface area contributed by atoms with Gasteiger partial charge in [-0.25, -0.2) is 4.39 Å². The molecule has 0 spiro atoms. The van der Waals surface area contributed by atoms with E-state index in [1.165, 1.54) is 30.3 Å². The van der Waals surface area contributed by atoms with E-state index in [0.29, 0.717) is 10.1 Å². The molecular weight excluding hydrogens is 355 g/mol. The van der Waals surface area contributed by atoms with Gasteiger partial charge in [0.25, 0.3) is 11.8 Å². The van der Waals surface area contributed by atoms with Crippen LogP contribution in [0.4, 0.5) is 9.39 Å². The lowest BCUT2D eigenvalue weighted by Crippen LogP contribution is -2.16. The first-order valence-corrected chi connectivity index (χ1v) is 7.88. The molecule has 0 saturated heterocycles. The maximum atomic E-state index is 13.2. The average molecular weight is 365 g/mol. The minimum atomic E-state index is -0.752. The molecule has 3 aromatic rings. The van der Waals surface area contributed by atoms with Crippen molar-refractivity contribution in [3.05, 3.63) is 58.4 Å². The Kier molecular flexibility index (Phi) is 4.13. The van der Waals surface area contributed by atoms with Crippen LogP contribution in [0.3, 0.4) is 0 Å². The lowest BCUT2D eigenvalue weighted by Gasteiger charge is -2.05. The van der Waals surface area contributed by atoms with Gasteiger partial charge in [0.2, 0.25) is 0 Å². The van der Waals surface area contributed by atoms with Gasteiger partial charge < -0.3 is 16.2 Å². The van der Waals surface area contributed by atoms with Crippen molar-refractivity contribution in [1.82, 2.24) is 0 Å². The quantitative estimate of drug-likeness (QED) is 0.660. The molecule has 0 aliphatic heterocycles. The molecule has 8 heteroatoms. The number of aromatic hydroxyl groups is 1. The van der Waals surface area contributed by atoms with Crippen molar-refractivity contribution >= 4 is 49.8 Å². The van der Waals surface area contributed by atoms with Gasteiger partial charge in [-0.2, -0.15) is 0 Å². The molecule has 1 aromatic heterocycles. The summed E-state index contributed by atoms with van der Waals surface area (Å²) in [5, 5.41) is 12.9. The molecule has 0 bridgehead atoms. The van der Waals surface area contributed by atoms with Gasteiger partial charge in [-0.1, -0.05) is 17.7 Å². The second-order valence-electron chi connectivity index (χ2n) is 4.91. The van der Waals surface area contributed by atoms with E-state index >= 15 is 0 Å². The second-order valence-corrected chi connectivity index (χ2v) is 6.31. The largest absolute Gasteiger partial charge is 0.506 e. The van der Waals surface area contributed by atoms with Gasteiger partial charge in [-0.3, -0.25) is 9.59 Å².